The summed E-state index contributed by atoms with van der Waals surface area (Å²) in [7, 11) is 0. The number of thiophene rings is 1. The Morgan fingerprint density at radius 3 is 3.07 bits per heavy atom. The molecule has 78 valence electrons. The van der Waals surface area contributed by atoms with Crippen LogP contribution in [0.25, 0.3) is 0 Å². The van der Waals surface area contributed by atoms with E-state index in [4.69, 9.17) is 11.6 Å². The van der Waals surface area contributed by atoms with Gasteiger partial charge in [-0.25, -0.2) is 0 Å². The first-order valence-electron chi connectivity index (χ1n) is 5.29. The summed E-state index contributed by atoms with van der Waals surface area (Å²) in [5, 5.41) is 6.62. The molecule has 0 spiro atoms. The third-order valence-corrected chi connectivity index (χ3v) is 4.45. The third-order valence-electron chi connectivity index (χ3n) is 2.96. The van der Waals surface area contributed by atoms with E-state index in [1.165, 1.54) is 24.1 Å². The third kappa shape index (κ3) is 1.97. The molecule has 2 rings (SSSR count). The number of rotatable bonds is 3. The molecule has 1 heterocycles. The van der Waals surface area contributed by atoms with Crippen molar-refractivity contribution in [1.82, 2.24) is 5.32 Å². The fourth-order valence-corrected chi connectivity index (χ4v) is 3.75. The molecule has 2 unspecified atom stereocenters. The molecule has 0 bridgehead atoms. The Balaban J connectivity index is 2.13. The van der Waals surface area contributed by atoms with Gasteiger partial charge in [-0.1, -0.05) is 24.9 Å². The number of likely N-dealkylation sites (N-methyl/N-ethyl adjacent to an activating group) is 1. The van der Waals surface area contributed by atoms with E-state index in [0.29, 0.717) is 12.0 Å². The maximum absolute atomic E-state index is 6.17. The SMILES string of the molecule is CCNC1CCCC1c1sccc1Cl. The smallest absolute Gasteiger partial charge is 0.0548 e. The van der Waals surface area contributed by atoms with Gasteiger partial charge in [-0.2, -0.15) is 0 Å². The van der Waals surface area contributed by atoms with Gasteiger partial charge in [0.05, 0.1) is 5.02 Å². The van der Waals surface area contributed by atoms with E-state index in [-0.39, 0.29) is 0 Å². The lowest BCUT2D eigenvalue weighted by Gasteiger charge is -2.19. The minimum atomic E-state index is 0.649. The molecule has 1 aromatic rings. The molecule has 1 nitrogen and oxygen atoms in total. The summed E-state index contributed by atoms with van der Waals surface area (Å²) in [6.45, 7) is 3.23. The number of hydrogen-bond acceptors (Lipinski definition) is 2. The van der Waals surface area contributed by atoms with Gasteiger partial charge >= 0.3 is 0 Å². The van der Waals surface area contributed by atoms with Gasteiger partial charge in [0.15, 0.2) is 0 Å². The highest BCUT2D eigenvalue weighted by atomic mass is 35.5. The van der Waals surface area contributed by atoms with E-state index in [1.807, 2.05) is 6.07 Å². The maximum atomic E-state index is 6.17. The number of nitrogens with one attached hydrogen (secondary N) is 1. The highest BCUT2D eigenvalue weighted by Crippen LogP contribution is 2.40. The van der Waals surface area contributed by atoms with Crippen molar-refractivity contribution in [1.29, 1.82) is 0 Å². The Hall–Kier alpha value is -0.0500. The molecule has 2 atom stereocenters. The minimum Gasteiger partial charge on any atom is -0.314 e. The summed E-state index contributed by atoms with van der Waals surface area (Å²) in [4.78, 5) is 1.38. The molecular formula is C11H16ClNS. The molecule has 0 amide bonds. The zero-order valence-corrected chi connectivity index (χ0v) is 10.00. The van der Waals surface area contributed by atoms with Gasteiger partial charge in [-0.05, 0) is 30.8 Å². The first kappa shape index (κ1) is 10.5. The molecule has 1 saturated carbocycles. The normalized spacial score (nSPS) is 27.0. The van der Waals surface area contributed by atoms with E-state index in [2.05, 4.69) is 17.6 Å². The average Bonchev–Trinajstić information content (AvgIpc) is 2.74. The van der Waals surface area contributed by atoms with Gasteiger partial charge < -0.3 is 5.32 Å². The molecular weight excluding hydrogens is 214 g/mol. The molecule has 3 heteroatoms. The van der Waals surface area contributed by atoms with Crippen LogP contribution in [0.15, 0.2) is 11.4 Å². The maximum Gasteiger partial charge on any atom is 0.0548 e. The summed E-state index contributed by atoms with van der Waals surface area (Å²) in [6.07, 6.45) is 3.92. The monoisotopic (exact) mass is 229 g/mol. The Labute approximate surface area is 94.5 Å². The summed E-state index contributed by atoms with van der Waals surface area (Å²) in [5.41, 5.74) is 0. The Morgan fingerprint density at radius 1 is 1.57 bits per heavy atom. The van der Waals surface area contributed by atoms with Crippen LogP contribution in [0, 0.1) is 0 Å². The zero-order chi connectivity index (χ0) is 9.97. The van der Waals surface area contributed by atoms with Crippen LogP contribution in [0.3, 0.4) is 0 Å². The lowest BCUT2D eigenvalue weighted by Crippen LogP contribution is -2.30. The van der Waals surface area contributed by atoms with Crippen molar-refractivity contribution < 1.29 is 0 Å². The summed E-state index contributed by atoms with van der Waals surface area (Å²) >= 11 is 7.97. The van der Waals surface area contributed by atoms with E-state index < -0.39 is 0 Å². The number of hydrogen-bond donors (Lipinski definition) is 1. The lowest BCUT2D eigenvalue weighted by molar-refractivity contribution is 0.497. The predicted octanol–water partition coefficient (Wildman–Crippen LogP) is 3.65. The Morgan fingerprint density at radius 2 is 2.43 bits per heavy atom. The largest absolute Gasteiger partial charge is 0.314 e. The van der Waals surface area contributed by atoms with E-state index >= 15 is 0 Å². The Kier molecular flexibility index (Phi) is 3.47. The number of halogens is 1. The van der Waals surface area contributed by atoms with Gasteiger partial charge in [-0.15, -0.1) is 11.3 Å². The van der Waals surface area contributed by atoms with Crippen LogP contribution in [-0.4, -0.2) is 12.6 Å². The molecule has 0 radical (unpaired) electrons. The van der Waals surface area contributed by atoms with Gasteiger partial charge in [0.2, 0.25) is 0 Å². The fourth-order valence-electron chi connectivity index (χ4n) is 2.35. The van der Waals surface area contributed by atoms with Gasteiger partial charge in [-0.3, -0.25) is 0 Å². The van der Waals surface area contributed by atoms with E-state index in [1.54, 1.807) is 11.3 Å². The standard InChI is InChI=1S/C11H16ClNS/c1-2-13-10-5-3-4-8(10)11-9(12)6-7-14-11/h6-8,10,13H,2-5H2,1H3. The molecule has 0 aromatic carbocycles. The summed E-state index contributed by atoms with van der Waals surface area (Å²) in [5.74, 6) is 0.655. The predicted molar refractivity (Wildman–Crippen MR) is 63.4 cm³/mol. The zero-order valence-electron chi connectivity index (χ0n) is 8.42. The van der Waals surface area contributed by atoms with Gasteiger partial charge in [0.25, 0.3) is 0 Å². The van der Waals surface area contributed by atoms with Crippen LogP contribution in [0.1, 0.15) is 37.0 Å². The van der Waals surface area contributed by atoms with Crippen LogP contribution in [0.5, 0.6) is 0 Å². The van der Waals surface area contributed by atoms with E-state index in [0.717, 1.165) is 11.6 Å². The summed E-state index contributed by atoms with van der Waals surface area (Å²) in [6, 6.07) is 2.67. The minimum absolute atomic E-state index is 0.649. The van der Waals surface area contributed by atoms with Gasteiger partial charge in [0.1, 0.15) is 0 Å². The first-order valence-corrected chi connectivity index (χ1v) is 6.55. The molecule has 1 aliphatic carbocycles. The lowest BCUT2D eigenvalue weighted by atomic mass is 10.0. The van der Waals surface area contributed by atoms with Gasteiger partial charge in [0, 0.05) is 16.8 Å². The molecule has 1 N–H and O–H groups in total. The van der Waals surface area contributed by atoms with E-state index in [9.17, 15) is 0 Å². The topological polar surface area (TPSA) is 12.0 Å². The highest BCUT2D eigenvalue weighted by Gasteiger charge is 2.29. The van der Waals surface area contributed by atoms with Crippen LogP contribution >= 0.6 is 22.9 Å². The van der Waals surface area contributed by atoms with Crippen molar-refractivity contribution in [3.8, 4) is 0 Å². The average molecular weight is 230 g/mol. The summed E-state index contributed by atoms with van der Waals surface area (Å²) < 4.78 is 0. The molecule has 1 fully saturated rings. The molecule has 1 aliphatic rings. The second-order valence-corrected chi connectivity index (χ2v) is 5.19. The van der Waals surface area contributed by atoms with Crippen LogP contribution < -0.4 is 5.32 Å². The molecule has 0 saturated heterocycles. The van der Waals surface area contributed by atoms with Crippen molar-refractivity contribution in [3.05, 3.63) is 21.3 Å². The van der Waals surface area contributed by atoms with Crippen molar-refractivity contribution in [3.63, 3.8) is 0 Å². The molecule has 0 aliphatic heterocycles. The van der Waals surface area contributed by atoms with Crippen molar-refractivity contribution in [2.45, 2.75) is 38.1 Å². The van der Waals surface area contributed by atoms with Crippen LogP contribution in [0.2, 0.25) is 5.02 Å². The van der Waals surface area contributed by atoms with Crippen molar-refractivity contribution >= 4 is 22.9 Å². The second kappa shape index (κ2) is 4.65. The second-order valence-electron chi connectivity index (χ2n) is 3.83. The molecule has 1 aromatic heterocycles. The molecule has 14 heavy (non-hydrogen) atoms. The van der Waals surface area contributed by atoms with Crippen molar-refractivity contribution in [2.24, 2.45) is 0 Å². The van der Waals surface area contributed by atoms with Crippen LogP contribution in [0.4, 0.5) is 0 Å². The Bertz CT molecular complexity index is 297. The van der Waals surface area contributed by atoms with Crippen LogP contribution in [-0.2, 0) is 0 Å². The highest BCUT2D eigenvalue weighted by molar-refractivity contribution is 7.10. The quantitative estimate of drug-likeness (QED) is 0.835. The van der Waals surface area contributed by atoms with Crippen molar-refractivity contribution in [2.75, 3.05) is 6.54 Å². The fraction of sp³-hybridized carbons (Fsp3) is 0.636. The first-order chi connectivity index (χ1) is 6.83.